The lowest BCUT2D eigenvalue weighted by Crippen LogP contribution is -2.55. The number of nitrogens with one attached hydrogen (secondary N) is 1. The Morgan fingerprint density at radius 3 is 2.16 bits per heavy atom. The van der Waals surface area contributed by atoms with Crippen LogP contribution in [0.25, 0.3) is 0 Å². The topological polar surface area (TPSA) is 63.7 Å². The normalized spacial score (nSPS) is 22.9. The van der Waals surface area contributed by atoms with Crippen LogP contribution < -0.4 is 5.32 Å². The Morgan fingerprint density at radius 1 is 0.969 bits per heavy atom. The first-order chi connectivity index (χ1) is 15.0. The third-order valence-electron chi connectivity index (χ3n) is 7.22. The first-order valence-corrected chi connectivity index (χ1v) is 12.3. The number of halogens is 1. The highest BCUT2D eigenvalue weighted by Gasteiger charge is 2.35. The third-order valence-corrected chi connectivity index (χ3v) is 7.22. The van der Waals surface area contributed by atoms with Gasteiger partial charge in [-0.2, -0.15) is 0 Å². The molecule has 0 saturated carbocycles. The van der Waals surface area contributed by atoms with Gasteiger partial charge in [-0.15, -0.1) is 24.0 Å². The van der Waals surface area contributed by atoms with E-state index in [0.29, 0.717) is 12.5 Å². The maximum absolute atomic E-state index is 12.7. The van der Waals surface area contributed by atoms with Gasteiger partial charge in [-0.3, -0.25) is 14.7 Å². The molecular weight excluding hydrogens is 519 g/mol. The molecule has 3 fully saturated rings. The summed E-state index contributed by atoms with van der Waals surface area (Å²) in [5.74, 6) is 1.32. The van der Waals surface area contributed by atoms with Gasteiger partial charge in [0.2, 0.25) is 5.91 Å². The largest absolute Gasteiger partial charge is 0.381 e. The van der Waals surface area contributed by atoms with Crippen LogP contribution in [0, 0.1) is 0 Å². The molecular formula is C23H45IN6O2. The molecule has 0 aliphatic carbocycles. The average molecular weight is 565 g/mol. The van der Waals surface area contributed by atoms with E-state index in [4.69, 9.17) is 9.73 Å². The second-order valence-electron chi connectivity index (χ2n) is 9.46. The van der Waals surface area contributed by atoms with E-state index < -0.39 is 0 Å². The zero-order valence-corrected chi connectivity index (χ0v) is 22.8. The number of amides is 1. The summed E-state index contributed by atoms with van der Waals surface area (Å²) < 4.78 is 5.60. The summed E-state index contributed by atoms with van der Waals surface area (Å²) in [5.41, 5.74) is 0.0837. The fourth-order valence-corrected chi connectivity index (χ4v) is 4.88. The molecule has 0 aromatic rings. The Labute approximate surface area is 212 Å². The number of likely N-dealkylation sites (tertiary alicyclic amines) is 1. The minimum Gasteiger partial charge on any atom is -0.381 e. The lowest BCUT2D eigenvalue weighted by Gasteiger charge is -2.42. The molecule has 32 heavy (non-hydrogen) atoms. The van der Waals surface area contributed by atoms with Crippen molar-refractivity contribution in [2.75, 3.05) is 86.2 Å². The van der Waals surface area contributed by atoms with E-state index in [9.17, 15) is 4.79 Å². The van der Waals surface area contributed by atoms with Crippen molar-refractivity contribution in [1.82, 2.24) is 24.9 Å². The second-order valence-corrected chi connectivity index (χ2v) is 9.46. The quantitative estimate of drug-likeness (QED) is 0.301. The Morgan fingerprint density at radius 2 is 1.59 bits per heavy atom. The number of likely N-dealkylation sites (N-methyl/N-ethyl adjacent to an activating group) is 1. The molecule has 186 valence electrons. The molecule has 0 aromatic heterocycles. The van der Waals surface area contributed by atoms with E-state index >= 15 is 0 Å². The number of hydrogen-bond acceptors (Lipinski definition) is 5. The molecule has 8 nitrogen and oxygen atoms in total. The lowest BCUT2D eigenvalue weighted by atomic mass is 9.89. The second kappa shape index (κ2) is 13.9. The molecule has 0 bridgehead atoms. The third kappa shape index (κ3) is 7.70. The Kier molecular flexibility index (Phi) is 12.0. The molecule has 0 aromatic carbocycles. The van der Waals surface area contributed by atoms with Crippen LogP contribution in [0.15, 0.2) is 4.99 Å². The smallest absolute Gasteiger partial charge is 0.236 e. The van der Waals surface area contributed by atoms with E-state index in [0.717, 1.165) is 97.2 Å². The van der Waals surface area contributed by atoms with Crippen molar-refractivity contribution in [1.29, 1.82) is 0 Å². The number of ether oxygens (including phenoxy) is 1. The van der Waals surface area contributed by atoms with Crippen molar-refractivity contribution in [3.8, 4) is 0 Å². The number of carbonyl (C=O) groups is 1. The molecule has 0 radical (unpaired) electrons. The monoisotopic (exact) mass is 564 g/mol. The Bertz CT molecular complexity index is 581. The van der Waals surface area contributed by atoms with Gasteiger partial charge in [0.1, 0.15) is 0 Å². The van der Waals surface area contributed by atoms with Gasteiger partial charge in [-0.25, -0.2) is 0 Å². The van der Waals surface area contributed by atoms with Crippen LogP contribution in [0.5, 0.6) is 0 Å². The molecule has 3 aliphatic heterocycles. The van der Waals surface area contributed by atoms with Crippen LogP contribution in [0.3, 0.4) is 0 Å². The number of guanidine groups is 1. The van der Waals surface area contributed by atoms with E-state index in [1.807, 2.05) is 0 Å². The summed E-state index contributed by atoms with van der Waals surface area (Å²) >= 11 is 0. The van der Waals surface area contributed by atoms with Crippen molar-refractivity contribution in [2.45, 2.75) is 51.0 Å². The minimum atomic E-state index is 0. The molecule has 0 spiro atoms. The molecule has 0 atom stereocenters. The number of rotatable bonds is 6. The van der Waals surface area contributed by atoms with Crippen LogP contribution in [0.1, 0.15) is 45.4 Å². The summed E-state index contributed by atoms with van der Waals surface area (Å²) in [6, 6.07) is 0. The zero-order valence-electron chi connectivity index (χ0n) is 20.5. The van der Waals surface area contributed by atoms with Crippen LogP contribution in [0.4, 0.5) is 0 Å². The molecule has 1 N–H and O–H groups in total. The van der Waals surface area contributed by atoms with Crippen molar-refractivity contribution in [2.24, 2.45) is 4.99 Å². The van der Waals surface area contributed by atoms with Gasteiger partial charge in [-0.1, -0.05) is 12.8 Å². The van der Waals surface area contributed by atoms with Crippen molar-refractivity contribution >= 4 is 35.8 Å². The first kappa shape index (κ1) is 27.6. The number of nitrogens with zero attached hydrogens (tertiary/aromatic N) is 5. The summed E-state index contributed by atoms with van der Waals surface area (Å²) in [7, 11) is 4.32. The molecule has 0 unspecified atom stereocenters. The molecule has 3 aliphatic rings. The number of carbonyl (C=O) groups excluding carboxylic acids is 1. The average Bonchev–Trinajstić information content (AvgIpc) is 3.07. The lowest BCUT2D eigenvalue weighted by molar-refractivity contribution is -0.132. The molecule has 9 heteroatoms. The van der Waals surface area contributed by atoms with Gasteiger partial charge in [0.05, 0.1) is 13.1 Å². The van der Waals surface area contributed by atoms with Gasteiger partial charge in [0.15, 0.2) is 5.96 Å². The van der Waals surface area contributed by atoms with Crippen LogP contribution in [-0.2, 0) is 9.53 Å². The number of aliphatic imine (C=N–C) groups is 1. The van der Waals surface area contributed by atoms with Gasteiger partial charge >= 0.3 is 0 Å². The SMILES string of the molecule is CCNC(=NCC1(N(C)C)CCOCC1)N1CCN(CC(=O)N2CCCCCC2)CC1.I. The fourth-order valence-electron chi connectivity index (χ4n) is 4.88. The molecule has 3 heterocycles. The minimum absolute atomic E-state index is 0. The molecule has 1 amide bonds. The summed E-state index contributed by atoms with van der Waals surface area (Å²) in [6.07, 6.45) is 6.88. The predicted molar refractivity (Wildman–Crippen MR) is 141 cm³/mol. The maximum Gasteiger partial charge on any atom is 0.236 e. The van der Waals surface area contributed by atoms with Crippen LogP contribution in [-0.4, -0.2) is 123 Å². The van der Waals surface area contributed by atoms with E-state index in [2.05, 4.69) is 45.9 Å². The van der Waals surface area contributed by atoms with E-state index in [1.165, 1.54) is 12.8 Å². The predicted octanol–water partition coefficient (Wildman–Crippen LogP) is 1.70. The van der Waals surface area contributed by atoms with Gasteiger partial charge in [-0.05, 0) is 46.7 Å². The Balaban J connectivity index is 0.00000363. The summed E-state index contributed by atoms with van der Waals surface area (Å²) in [4.78, 5) is 26.9. The fraction of sp³-hybridized carbons (Fsp3) is 0.913. The standard InChI is InChI=1S/C23H44N6O2.HI/c1-4-24-22(25-20-23(26(2)3)9-17-31-18-10-23)29-15-13-27(14-16-29)19-21(30)28-11-7-5-6-8-12-28;/h4-20H2,1-3H3,(H,24,25);1H. The maximum atomic E-state index is 12.7. The zero-order chi connectivity index (χ0) is 22.1. The van der Waals surface area contributed by atoms with Crippen LogP contribution in [0.2, 0.25) is 0 Å². The van der Waals surface area contributed by atoms with E-state index in [-0.39, 0.29) is 29.5 Å². The molecule has 3 saturated heterocycles. The highest BCUT2D eigenvalue weighted by atomic mass is 127. The summed E-state index contributed by atoms with van der Waals surface area (Å²) in [5, 5.41) is 3.49. The highest BCUT2D eigenvalue weighted by molar-refractivity contribution is 14.0. The number of hydrogen-bond donors (Lipinski definition) is 1. The van der Waals surface area contributed by atoms with Crippen molar-refractivity contribution < 1.29 is 9.53 Å². The molecule has 3 rings (SSSR count). The van der Waals surface area contributed by atoms with Gasteiger partial charge < -0.3 is 24.8 Å². The summed E-state index contributed by atoms with van der Waals surface area (Å²) in [6.45, 7) is 11.5. The van der Waals surface area contributed by atoms with Crippen molar-refractivity contribution in [3.63, 3.8) is 0 Å². The van der Waals surface area contributed by atoms with Gasteiger partial charge in [0.25, 0.3) is 0 Å². The Hall–Kier alpha value is -0.650. The van der Waals surface area contributed by atoms with Crippen molar-refractivity contribution in [3.05, 3.63) is 0 Å². The number of piperazine rings is 1. The van der Waals surface area contributed by atoms with E-state index in [1.54, 1.807) is 0 Å². The van der Waals surface area contributed by atoms with Crippen LogP contribution >= 0.6 is 24.0 Å². The van der Waals surface area contributed by atoms with Gasteiger partial charge in [0, 0.05) is 64.6 Å². The highest BCUT2D eigenvalue weighted by Crippen LogP contribution is 2.26. The first-order valence-electron chi connectivity index (χ1n) is 12.3.